The molecule has 10 heteroatoms. The van der Waals surface area contributed by atoms with Crippen LogP contribution in [-0.4, -0.2) is 54.4 Å². The van der Waals surface area contributed by atoms with Crippen molar-refractivity contribution in [1.29, 1.82) is 0 Å². The molecule has 0 bridgehead atoms. The summed E-state index contributed by atoms with van der Waals surface area (Å²) in [6.07, 6.45) is -0.820. The van der Waals surface area contributed by atoms with Gasteiger partial charge in [0.15, 0.2) is 11.7 Å². The Labute approximate surface area is 180 Å². The minimum absolute atomic E-state index is 0.0285. The van der Waals surface area contributed by atoms with E-state index in [1.54, 1.807) is 14.2 Å². The zero-order valence-electron chi connectivity index (χ0n) is 18.0. The van der Waals surface area contributed by atoms with E-state index in [1.165, 1.54) is 17.9 Å². The Morgan fingerprint density at radius 2 is 1.87 bits per heavy atom. The molecule has 0 radical (unpaired) electrons. The molecule has 1 atom stereocenters. The number of methoxy groups -OCH3 is 1. The Morgan fingerprint density at radius 1 is 1.19 bits per heavy atom. The second-order valence-corrected chi connectivity index (χ2v) is 7.51. The minimum atomic E-state index is -4.50. The maximum atomic E-state index is 13.2. The zero-order valence-corrected chi connectivity index (χ0v) is 18.0. The van der Waals surface area contributed by atoms with Crippen LogP contribution in [0.4, 0.5) is 13.2 Å². The van der Waals surface area contributed by atoms with Gasteiger partial charge >= 0.3 is 6.18 Å². The Kier molecular flexibility index (Phi) is 7.42. The average molecular weight is 438 g/mol. The van der Waals surface area contributed by atoms with E-state index in [1.807, 2.05) is 24.3 Å². The van der Waals surface area contributed by atoms with Crippen molar-refractivity contribution in [3.05, 3.63) is 47.3 Å². The first kappa shape index (κ1) is 22.9. The van der Waals surface area contributed by atoms with Gasteiger partial charge in [0.1, 0.15) is 5.75 Å². The molecule has 1 aliphatic rings. The van der Waals surface area contributed by atoms with E-state index in [2.05, 4.69) is 25.6 Å². The molecule has 1 unspecified atom stereocenters. The second-order valence-electron chi connectivity index (χ2n) is 7.51. The van der Waals surface area contributed by atoms with E-state index in [0.29, 0.717) is 12.5 Å². The second kappa shape index (κ2) is 10.0. The number of benzene rings is 1. The van der Waals surface area contributed by atoms with Crippen LogP contribution in [0.3, 0.4) is 0 Å². The normalized spacial score (nSPS) is 16.4. The molecule has 3 rings (SSSR count). The third-order valence-electron chi connectivity index (χ3n) is 5.39. The van der Waals surface area contributed by atoms with Crippen molar-refractivity contribution in [2.75, 3.05) is 33.8 Å². The van der Waals surface area contributed by atoms with Crippen LogP contribution in [0.25, 0.3) is 0 Å². The number of guanidine groups is 1. The lowest BCUT2D eigenvalue weighted by Crippen LogP contribution is -2.42. The molecular formula is C21H29F3N6O. The molecule has 7 nitrogen and oxygen atoms in total. The summed E-state index contributed by atoms with van der Waals surface area (Å²) < 4.78 is 45.9. The number of rotatable bonds is 7. The smallest absolute Gasteiger partial charge is 0.435 e. The summed E-state index contributed by atoms with van der Waals surface area (Å²) in [5.41, 5.74) is 0.340. The molecule has 0 aliphatic carbocycles. The van der Waals surface area contributed by atoms with Gasteiger partial charge in [-0.25, -0.2) is 0 Å². The highest BCUT2D eigenvalue weighted by Gasteiger charge is 2.36. The van der Waals surface area contributed by atoms with Gasteiger partial charge in [0, 0.05) is 38.9 Å². The largest absolute Gasteiger partial charge is 0.497 e. The highest BCUT2D eigenvalue weighted by molar-refractivity contribution is 5.79. The van der Waals surface area contributed by atoms with Crippen LogP contribution in [0.5, 0.6) is 5.75 Å². The summed E-state index contributed by atoms with van der Waals surface area (Å²) in [6.45, 7) is 2.56. The van der Waals surface area contributed by atoms with Crippen molar-refractivity contribution in [2.24, 2.45) is 12.0 Å². The van der Waals surface area contributed by atoms with Crippen LogP contribution >= 0.6 is 0 Å². The molecule has 1 aromatic carbocycles. The molecule has 170 valence electrons. The molecular weight excluding hydrogens is 409 g/mol. The van der Waals surface area contributed by atoms with Crippen molar-refractivity contribution in [3.8, 4) is 5.75 Å². The number of aromatic nitrogens is 2. The molecule has 0 spiro atoms. The standard InChI is InChI=1S/C21H29F3N6O/c1-25-20(26-12-16-14-29(2)28-19(16)21(22,23)24)27-13-18(30-10-4-5-11-30)15-6-8-17(31-3)9-7-15/h6-9,14,18H,4-5,10-13H2,1-3H3,(H2,25,26,27). The Morgan fingerprint density at radius 3 is 2.45 bits per heavy atom. The maximum absolute atomic E-state index is 13.2. The number of aliphatic imine (C=N–C) groups is 1. The molecule has 1 aliphatic heterocycles. The fourth-order valence-corrected chi connectivity index (χ4v) is 3.84. The van der Waals surface area contributed by atoms with Crippen LogP contribution in [0, 0.1) is 0 Å². The third-order valence-corrected chi connectivity index (χ3v) is 5.39. The summed E-state index contributed by atoms with van der Waals surface area (Å²) in [7, 11) is 4.71. The van der Waals surface area contributed by atoms with Crippen LogP contribution in [0.2, 0.25) is 0 Å². The van der Waals surface area contributed by atoms with Gasteiger partial charge in [-0.05, 0) is 43.6 Å². The third kappa shape index (κ3) is 5.90. The molecule has 1 saturated heterocycles. The van der Waals surface area contributed by atoms with Crippen LogP contribution in [0.15, 0.2) is 35.5 Å². The Hall–Kier alpha value is -2.75. The monoisotopic (exact) mass is 438 g/mol. The number of nitrogens with zero attached hydrogens (tertiary/aromatic N) is 4. The van der Waals surface area contributed by atoms with Gasteiger partial charge in [0.2, 0.25) is 0 Å². The predicted octanol–water partition coefficient (Wildman–Crippen LogP) is 2.95. The van der Waals surface area contributed by atoms with E-state index in [4.69, 9.17) is 4.74 Å². The molecule has 1 aromatic heterocycles. The number of nitrogens with one attached hydrogen (secondary N) is 2. The predicted molar refractivity (Wildman–Crippen MR) is 113 cm³/mol. The first-order chi connectivity index (χ1) is 14.8. The van der Waals surface area contributed by atoms with Gasteiger partial charge in [-0.1, -0.05) is 12.1 Å². The number of likely N-dealkylation sites (tertiary alicyclic amines) is 1. The van der Waals surface area contributed by atoms with E-state index < -0.39 is 11.9 Å². The Bertz CT molecular complexity index is 872. The van der Waals surface area contributed by atoms with Gasteiger partial charge in [0.05, 0.1) is 13.2 Å². The summed E-state index contributed by atoms with van der Waals surface area (Å²) >= 11 is 0. The number of halogens is 3. The first-order valence-corrected chi connectivity index (χ1v) is 10.2. The fourth-order valence-electron chi connectivity index (χ4n) is 3.84. The molecule has 1 fully saturated rings. The van der Waals surface area contributed by atoms with E-state index >= 15 is 0 Å². The zero-order chi connectivity index (χ0) is 22.4. The number of ether oxygens (including phenoxy) is 1. The lowest BCUT2D eigenvalue weighted by Gasteiger charge is -2.29. The summed E-state index contributed by atoms with van der Waals surface area (Å²) in [5.74, 6) is 1.24. The summed E-state index contributed by atoms with van der Waals surface area (Å²) in [6, 6.07) is 8.09. The first-order valence-electron chi connectivity index (χ1n) is 10.2. The van der Waals surface area contributed by atoms with Gasteiger partial charge in [-0.3, -0.25) is 14.6 Å². The summed E-state index contributed by atoms with van der Waals surface area (Å²) in [5, 5.41) is 9.78. The van der Waals surface area contributed by atoms with Crippen molar-refractivity contribution in [1.82, 2.24) is 25.3 Å². The minimum Gasteiger partial charge on any atom is -0.497 e. The van der Waals surface area contributed by atoms with Crippen molar-refractivity contribution in [3.63, 3.8) is 0 Å². The highest BCUT2D eigenvalue weighted by atomic mass is 19.4. The van der Waals surface area contributed by atoms with E-state index in [0.717, 1.165) is 37.2 Å². The molecule has 2 heterocycles. The van der Waals surface area contributed by atoms with Gasteiger partial charge in [-0.2, -0.15) is 18.3 Å². The summed E-state index contributed by atoms with van der Waals surface area (Å²) in [4.78, 5) is 6.58. The van der Waals surface area contributed by atoms with Gasteiger partial charge in [-0.15, -0.1) is 0 Å². The molecule has 0 amide bonds. The van der Waals surface area contributed by atoms with Gasteiger partial charge in [0.25, 0.3) is 0 Å². The number of alkyl halides is 3. The lowest BCUT2D eigenvalue weighted by molar-refractivity contribution is -0.142. The maximum Gasteiger partial charge on any atom is 0.435 e. The van der Waals surface area contributed by atoms with E-state index in [9.17, 15) is 13.2 Å². The molecule has 2 N–H and O–H groups in total. The average Bonchev–Trinajstić information content (AvgIpc) is 3.40. The number of aryl methyl sites for hydroxylation is 1. The van der Waals surface area contributed by atoms with Crippen molar-refractivity contribution >= 4 is 5.96 Å². The van der Waals surface area contributed by atoms with Crippen LogP contribution in [0.1, 0.15) is 35.7 Å². The van der Waals surface area contributed by atoms with Crippen molar-refractivity contribution < 1.29 is 17.9 Å². The van der Waals surface area contributed by atoms with E-state index in [-0.39, 0.29) is 18.2 Å². The van der Waals surface area contributed by atoms with Gasteiger partial charge < -0.3 is 15.4 Å². The van der Waals surface area contributed by atoms with Crippen LogP contribution < -0.4 is 15.4 Å². The highest BCUT2D eigenvalue weighted by Crippen LogP contribution is 2.30. The van der Waals surface area contributed by atoms with Crippen molar-refractivity contribution in [2.45, 2.75) is 31.6 Å². The lowest BCUT2D eigenvalue weighted by atomic mass is 10.1. The molecule has 0 saturated carbocycles. The number of hydrogen-bond donors (Lipinski definition) is 2. The van der Waals surface area contributed by atoms with Crippen LogP contribution in [-0.2, 0) is 19.8 Å². The molecule has 2 aromatic rings. The quantitative estimate of drug-likeness (QED) is 0.514. The Balaban J connectivity index is 1.66. The number of hydrogen-bond acceptors (Lipinski definition) is 4. The molecule has 31 heavy (non-hydrogen) atoms. The SMILES string of the molecule is CN=C(NCc1cn(C)nc1C(F)(F)F)NCC(c1ccc(OC)cc1)N1CCCC1. The topological polar surface area (TPSA) is 66.7 Å². The fraction of sp³-hybridized carbons (Fsp3) is 0.524.